The van der Waals surface area contributed by atoms with Gasteiger partial charge in [-0.2, -0.15) is 0 Å². The molecule has 20 heavy (non-hydrogen) atoms. The van der Waals surface area contributed by atoms with Crippen molar-refractivity contribution in [2.24, 2.45) is 0 Å². The SMILES string of the molecule is Cc1csc(NC(=O)CCCSc2ccc(Cl)cc2)n1. The molecule has 2 aromatic rings. The summed E-state index contributed by atoms with van der Waals surface area (Å²) in [4.78, 5) is 17.1. The molecule has 2 rings (SSSR count). The molecule has 1 aromatic carbocycles. The fraction of sp³-hybridized carbons (Fsp3) is 0.286. The van der Waals surface area contributed by atoms with Crippen molar-refractivity contribution in [3.05, 3.63) is 40.4 Å². The summed E-state index contributed by atoms with van der Waals surface area (Å²) in [6.07, 6.45) is 1.35. The maximum Gasteiger partial charge on any atom is 0.226 e. The Morgan fingerprint density at radius 1 is 1.40 bits per heavy atom. The third-order valence-electron chi connectivity index (χ3n) is 2.50. The number of thioether (sulfide) groups is 1. The molecule has 1 amide bonds. The average Bonchev–Trinajstić information content (AvgIpc) is 2.82. The van der Waals surface area contributed by atoms with Crippen molar-refractivity contribution in [3.63, 3.8) is 0 Å². The number of aryl methyl sites for hydroxylation is 1. The Labute approximate surface area is 131 Å². The van der Waals surface area contributed by atoms with Gasteiger partial charge in [0, 0.05) is 21.7 Å². The maximum absolute atomic E-state index is 11.7. The van der Waals surface area contributed by atoms with Crippen LogP contribution >= 0.6 is 34.7 Å². The standard InChI is InChI=1S/C14H15ClN2OS2/c1-10-9-20-14(16-10)17-13(18)3-2-8-19-12-6-4-11(15)5-7-12/h4-7,9H,2-3,8H2,1H3,(H,16,17,18). The van der Waals surface area contributed by atoms with Gasteiger partial charge in [-0.1, -0.05) is 11.6 Å². The Kier molecular flexibility index (Phi) is 5.88. The summed E-state index contributed by atoms with van der Waals surface area (Å²) in [6, 6.07) is 7.74. The van der Waals surface area contributed by atoms with Crippen LogP contribution in [0.5, 0.6) is 0 Å². The molecule has 0 bridgehead atoms. The molecule has 0 aliphatic heterocycles. The molecule has 0 radical (unpaired) electrons. The minimum atomic E-state index is 0.0241. The van der Waals surface area contributed by atoms with Crippen molar-refractivity contribution in [2.75, 3.05) is 11.1 Å². The van der Waals surface area contributed by atoms with Gasteiger partial charge >= 0.3 is 0 Å². The van der Waals surface area contributed by atoms with Gasteiger partial charge in [0.15, 0.2) is 5.13 Å². The van der Waals surface area contributed by atoms with Crippen molar-refractivity contribution < 1.29 is 4.79 Å². The van der Waals surface area contributed by atoms with E-state index in [2.05, 4.69) is 10.3 Å². The van der Waals surface area contributed by atoms with E-state index in [1.54, 1.807) is 11.8 Å². The van der Waals surface area contributed by atoms with Crippen LogP contribution in [0.25, 0.3) is 0 Å². The van der Waals surface area contributed by atoms with Crippen LogP contribution < -0.4 is 5.32 Å². The number of thiazole rings is 1. The smallest absolute Gasteiger partial charge is 0.226 e. The molecule has 0 saturated carbocycles. The normalized spacial score (nSPS) is 10.5. The number of halogens is 1. The summed E-state index contributed by atoms with van der Waals surface area (Å²) < 4.78 is 0. The van der Waals surface area contributed by atoms with Crippen LogP contribution in [0.3, 0.4) is 0 Å². The van der Waals surface area contributed by atoms with Gasteiger partial charge in [0.1, 0.15) is 0 Å². The van der Waals surface area contributed by atoms with Crippen LogP contribution in [-0.4, -0.2) is 16.6 Å². The Balaban J connectivity index is 1.65. The second-order valence-electron chi connectivity index (χ2n) is 4.25. The van der Waals surface area contributed by atoms with E-state index in [0.29, 0.717) is 11.6 Å². The molecule has 1 heterocycles. The zero-order valence-electron chi connectivity index (χ0n) is 11.1. The van der Waals surface area contributed by atoms with Gasteiger partial charge in [0.25, 0.3) is 0 Å². The van der Waals surface area contributed by atoms with Gasteiger partial charge in [-0.05, 0) is 43.4 Å². The number of nitrogens with one attached hydrogen (secondary N) is 1. The first-order valence-corrected chi connectivity index (χ1v) is 8.48. The molecule has 3 nitrogen and oxygen atoms in total. The highest BCUT2D eigenvalue weighted by Crippen LogP contribution is 2.21. The third-order valence-corrected chi connectivity index (χ3v) is 4.72. The molecule has 0 fully saturated rings. The van der Waals surface area contributed by atoms with Crippen molar-refractivity contribution in [1.29, 1.82) is 0 Å². The molecule has 6 heteroatoms. The maximum atomic E-state index is 11.7. The summed E-state index contributed by atoms with van der Waals surface area (Å²) in [6.45, 7) is 1.91. The van der Waals surface area contributed by atoms with Crippen LogP contribution in [-0.2, 0) is 4.79 Å². The van der Waals surface area contributed by atoms with Gasteiger partial charge in [-0.15, -0.1) is 23.1 Å². The van der Waals surface area contributed by atoms with E-state index in [4.69, 9.17) is 11.6 Å². The van der Waals surface area contributed by atoms with Crippen LogP contribution in [0.15, 0.2) is 34.5 Å². The Bertz CT molecular complexity index is 569. The van der Waals surface area contributed by atoms with Gasteiger partial charge < -0.3 is 5.32 Å². The topological polar surface area (TPSA) is 42.0 Å². The zero-order valence-corrected chi connectivity index (χ0v) is 13.4. The van der Waals surface area contributed by atoms with Crippen LogP contribution in [0, 0.1) is 6.92 Å². The number of carbonyl (C=O) groups excluding carboxylic acids is 1. The van der Waals surface area contributed by atoms with Crippen molar-refractivity contribution in [1.82, 2.24) is 4.98 Å². The first-order valence-electron chi connectivity index (χ1n) is 6.24. The largest absolute Gasteiger partial charge is 0.302 e. The monoisotopic (exact) mass is 326 g/mol. The highest BCUT2D eigenvalue weighted by atomic mass is 35.5. The first kappa shape index (κ1) is 15.4. The summed E-state index contributed by atoms with van der Waals surface area (Å²) in [5.74, 6) is 0.933. The van der Waals surface area contributed by atoms with Crippen LogP contribution in [0.1, 0.15) is 18.5 Å². The van der Waals surface area contributed by atoms with E-state index >= 15 is 0 Å². The summed E-state index contributed by atoms with van der Waals surface area (Å²) >= 11 is 9.01. The lowest BCUT2D eigenvalue weighted by Crippen LogP contribution is -2.11. The van der Waals surface area contributed by atoms with Gasteiger partial charge in [0.2, 0.25) is 5.91 Å². The van der Waals surface area contributed by atoms with Crippen LogP contribution in [0.2, 0.25) is 5.02 Å². The van der Waals surface area contributed by atoms with E-state index in [1.165, 1.54) is 16.2 Å². The Hall–Kier alpha value is -1.04. The molecule has 106 valence electrons. The quantitative estimate of drug-likeness (QED) is 0.622. The lowest BCUT2D eigenvalue weighted by Gasteiger charge is -2.03. The Morgan fingerprint density at radius 2 is 2.15 bits per heavy atom. The number of rotatable bonds is 6. The number of benzene rings is 1. The molecule has 0 spiro atoms. The van der Waals surface area contributed by atoms with E-state index in [1.807, 2.05) is 36.6 Å². The van der Waals surface area contributed by atoms with Gasteiger partial charge in [-0.3, -0.25) is 4.79 Å². The lowest BCUT2D eigenvalue weighted by atomic mass is 10.3. The number of amides is 1. The van der Waals surface area contributed by atoms with Crippen LogP contribution in [0.4, 0.5) is 5.13 Å². The highest BCUT2D eigenvalue weighted by molar-refractivity contribution is 7.99. The first-order chi connectivity index (χ1) is 9.63. The minimum absolute atomic E-state index is 0.0241. The fourth-order valence-corrected chi connectivity index (χ4v) is 3.23. The number of aromatic nitrogens is 1. The number of hydrogen-bond acceptors (Lipinski definition) is 4. The summed E-state index contributed by atoms with van der Waals surface area (Å²) in [5, 5.41) is 6.15. The lowest BCUT2D eigenvalue weighted by molar-refractivity contribution is -0.116. The fourth-order valence-electron chi connectivity index (χ4n) is 1.55. The number of anilines is 1. The zero-order chi connectivity index (χ0) is 14.4. The predicted molar refractivity (Wildman–Crippen MR) is 86.9 cm³/mol. The van der Waals surface area contributed by atoms with E-state index < -0.39 is 0 Å². The molecule has 0 aliphatic rings. The number of carbonyl (C=O) groups is 1. The molecule has 1 N–H and O–H groups in total. The Morgan fingerprint density at radius 3 is 2.80 bits per heavy atom. The third kappa shape index (κ3) is 5.15. The number of nitrogens with zero attached hydrogens (tertiary/aromatic N) is 1. The summed E-state index contributed by atoms with van der Waals surface area (Å²) in [7, 11) is 0. The second kappa shape index (κ2) is 7.67. The molecule has 0 unspecified atom stereocenters. The molecule has 0 atom stereocenters. The summed E-state index contributed by atoms with van der Waals surface area (Å²) in [5.41, 5.74) is 0.934. The van der Waals surface area contributed by atoms with Gasteiger partial charge in [-0.25, -0.2) is 4.98 Å². The predicted octanol–water partition coefficient (Wildman–Crippen LogP) is 4.62. The minimum Gasteiger partial charge on any atom is -0.302 e. The molecule has 1 aromatic heterocycles. The molecule has 0 aliphatic carbocycles. The number of hydrogen-bond donors (Lipinski definition) is 1. The average molecular weight is 327 g/mol. The highest BCUT2D eigenvalue weighted by Gasteiger charge is 2.05. The molecule has 0 saturated heterocycles. The van der Waals surface area contributed by atoms with Crippen molar-refractivity contribution in [2.45, 2.75) is 24.7 Å². The van der Waals surface area contributed by atoms with E-state index in [0.717, 1.165) is 22.9 Å². The van der Waals surface area contributed by atoms with Gasteiger partial charge in [0.05, 0.1) is 5.69 Å². The molecular weight excluding hydrogens is 312 g/mol. The second-order valence-corrected chi connectivity index (χ2v) is 6.71. The van der Waals surface area contributed by atoms with Crippen molar-refractivity contribution in [3.8, 4) is 0 Å². The molecular formula is C14H15ClN2OS2. The van der Waals surface area contributed by atoms with Crippen molar-refractivity contribution >= 4 is 45.7 Å². The van der Waals surface area contributed by atoms with E-state index in [-0.39, 0.29) is 5.91 Å². The van der Waals surface area contributed by atoms with E-state index in [9.17, 15) is 4.79 Å².